The van der Waals surface area contributed by atoms with Gasteiger partial charge in [-0.25, -0.2) is 0 Å². The van der Waals surface area contributed by atoms with E-state index in [9.17, 15) is 0 Å². The van der Waals surface area contributed by atoms with Crippen LogP contribution in [0.3, 0.4) is 0 Å². The molecule has 0 saturated heterocycles. The number of hydrogen-bond acceptors (Lipinski definition) is 0. The maximum absolute atomic E-state index is 6.67. The van der Waals surface area contributed by atoms with Crippen molar-refractivity contribution >= 4 is 18.5 Å². The normalized spacial score (nSPS) is 10.4. The SMILES string of the molecule is Clc1bcc(-c2ccccc2)c(-c2ccccc2)c1-c1ccccc1. The second kappa shape index (κ2) is 7.08. The van der Waals surface area contributed by atoms with Gasteiger partial charge in [0.2, 0.25) is 0 Å². The first kappa shape index (κ1) is 15.9. The molecule has 0 spiro atoms. The summed E-state index contributed by atoms with van der Waals surface area (Å²) in [6.45, 7) is 2.00. The Morgan fingerprint density at radius 3 is 1.48 bits per heavy atom. The Bertz CT molecular complexity index is 980. The van der Waals surface area contributed by atoms with Crippen LogP contribution in [-0.4, -0.2) is 6.91 Å². The molecule has 0 radical (unpaired) electrons. The summed E-state index contributed by atoms with van der Waals surface area (Å²) in [7, 11) is 0. The van der Waals surface area contributed by atoms with Crippen LogP contribution >= 0.6 is 11.6 Å². The molecule has 118 valence electrons. The van der Waals surface area contributed by atoms with Gasteiger partial charge in [-0.05, 0) is 0 Å². The average Bonchev–Trinajstić information content (AvgIpc) is 2.70. The van der Waals surface area contributed by atoms with Crippen molar-refractivity contribution in [3.05, 3.63) is 102 Å². The van der Waals surface area contributed by atoms with E-state index in [0.717, 1.165) is 16.0 Å². The number of rotatable bonds is 3. The Morgan fingerprint density at radius 1 is 0.520 bits per heavy atom. The Kier molecular flexibility index (Phi) is 4.50. The summed E-state index contributed by atoms with van der Waals surface area (Å²) in [5.74, 6) is 2.12. The second-order valence-corrected chi connectivity index (χ2v) is 6.35. The molecule has 0 saturated carbocycles. The van der Waals surface area contributed by atoms with Crippen LogP contribution in [0.5, 0.6) is 0 Å². The van der Waals surface area contributed by atoms with Crippen molar-refractivity contribution < 1.29 is 0 Å². The number of hydrogen-bond donors (Lipinski definition) is 0. The van der Waals surface area contributed by atoms with Gasteiger partial charge in [-0.15, -0.1) is 0 Å². The molecule has 0 nitrogen and oxygen atoms in total. The van der Waals surface area contributed by atoms with Gasteiger partial charge in [-0.2, -0.15) is 0 Å². The van der Waals surface area contributed by atoms with Gasteiger partial charge in [-0.1, -0.05) is 0 Å². The van der Waals surface area contributed by atoms with E-state index in [1.165, 1.54) is 22.3 Å². The van der Waals surface area contributed by atoms with Gasteiger partial charge < -0.3 is 0 Å². The molecule has 4 rings (SSSR count). The summed E-state index contributed by atoms with van der Waals surface area (Å²) in [6.07, 6.45) is 0. The third-order valence-corrected chi connectivity index (χ3v) is 4.68. The van der Waals surface area contributed by atoms with E-state index in [-0.39, 0.29) is 0 Å². The zero-order chi connectivity index (χ0) is 17.1. The second-order valence-electron chi connectivity index (χ2n) is 5.94. The zero-order valence-corrected chi connectivity index (χ0v) is 14.4. The predicted octanol–water partition coefficient (Wildman–Crippen LogP) is 6.68. The molecule has 0 amide bonds. The van der Waals surface area contributed by atoms with Gasteiger partial charge in [0.05, 0.1) is 0 Å². The Labute approximate surface area is 154 Å². The molecule has 0 unspecified atom stereocenters. The molecule has 0 N–H and O–H groups in total. The van der Waals surface area contributed by atoms with E-state index in [1.54, 1.807) is 0 Å². The summed E-state index contributed by atoms with van der Waals surface area (Å²) in [6, 6.07) is 31.3. The maximum atomic E-state index is 6.67. The van der Waals surface area contributed by atoms with E-state index < -0.39 is 0 Å². The van der Waals surface area contributed by atoms with Crippen LogP contribution in [-0.2, 0) is 0 Å². The van der Waals surface area contributed by atoms with E-state index >= 15 is 0 Å². The molecule has 0 aliphatic rings. The van der Waals surface area contributed by atoms with Crippen LogP contribution in [0, 0.1) is 0 Å². The van der Waals surface area contributed by atoms with Crippen molar-refractivity contribution in [1.82, 2.24) is 0 Å². The number of benzene rings is 3. The molecule has 0 fully saturated rings. The van der Waals surface area contributed by atoms with Crippen molar-refractivity contribution in [2.24, 2.45) is 0 Å². The van der Waals surface area contributed by atoms with Crippen molar-refractivity contribution in [2.45, 2.75) is 0 Å². The van der Waals surface area contributed by atoms with Crippen LogP contribution in [0.1, 0.15) is 0 Å². The van der Waals surface area contributed by atoms with Crippen molar-refractivity contribution in [1.29, 1.82) is 0 Å². The molecule has 3 aromatic carbocycles. The third-order valence-electron chi connectivity index (χ3n) is 4.36. The fourth-order valence-electron chi connectivity index (χ4n) is 3.23. The van der Waals surface area contributed by atoms with Gasteiger partial charge in [0.25, 0.3) is 0 Å². The van der Waals surface area contributed by atoms with Crippen LogP contribution in [0.15, 0.2) is 97.0 Å². The van der Waals surface area contributed by atoms with Gasteiger partial charge in [0, 0.05) is 0 Å². The van der Waals surface area contributed by atoms with Gasteiger partial charge in [-0.3, -0.25) is 0 Å². The summed E-state index contributed by atoms with van der Waals surface area (Å²) in [4.78, 5) is 0.768. The molecule has 0 bridgehead atoms. The minimum atomic E-state index is 0.768. The van der Waals surface area contributed by atoms with E-state index in [2.05, 4.69) is 78.8 Å². The predicted molar refractivity (Wildman–Crippen MR) is 109 cm³/mol. The topological polar surface area (TPSA) is 0 Å². The first-order valence-electron chi connectivity index (χ1n) is 8.33. The number of halogens is 1. The zero-order valence-electron chi connectivity index (χ0n) is 13.7. The van der Waals surface area contributed by atoms with Crippen LogP contribution < -0.4 is 0 Å². The Hall–Kier alpha value is -2.64. The van der Waals surface area contributed by atoms with Crippen molar-refractivity contribution in [3.63, 3.8) is 0 Å². The van der Waals surface area contributed by atoms with Crippen LogP contribution in [0.4, 0.5) is 0 Å². The molecule has 1 heterocycles. The van der Waals surface area contributed by atoms with E-state index in [1.807, 2.05) is 25.1 Å². The van der Waals surface area contributed by atoms with Crippen molar-refractivity contribution in [3.8, 4) is 33.4 Å². The molecule has 0 atom stereocenters. The molecule has 2 heteroatoms. The molecule has 0 aliphatic heterocycles. The summed E-state index contributed by atoms with van der Waals surface area (Å²) in [5, 5.41) is 0. The fourth-order valence-corrected chi connectivity index (χ4v) is 3.49. The van der Waals surface area contributed by atoms with E-state index in [4.69, 9.17) is 11.6 Å². The fraction of sp³-hybridized carbons (Fsp3) is 0. The monoisotopic (exact) mass is 338 g/mol. The molecular formula is C23H16BCl. The summed E-state index contributed by atoms with van der Waals surface area (Å²) >= 11 is 6.67. The van der Waals surface area contributed by atoms with Gasteiger partial charge in [0.1, 0.15) is 0 Å². The van der Waals surface area contributed by atoms with Gasteiger partial charge in [0.15, 0.2) is 0 Å². The van der Waals surface area contributed by atoms with Gasteiger partial charge >= 0.3 is 154 Å². The average molecular weight is 339 g/mol. The minimum absolute atomic E-state index is 0.768. The Morgan fingerprint density at radius 2 is 0.960 bits per heavy atom. The molecule has 4 aromatic rings. The summed E-state index contributed by atoms with van der Waals surface area (Å²) in [5.41, 5.74) is 6.93. The molecule has 25 heavy (non-hydrogen) atoms. The first-order valence-corrected chi connectivity index (χ1v) is 8.71. The van der Waals surface area contributed by atoms with Crippen LogP contribution in [0.25, 0.3) is 33.4 Å². The third kappa shape index (κ3) is 3.16. The Balaban J connectivity index is 2.08. The first-order chi connectivity index (χ1) is 12.3. The van der Waals surface area contributed by atoms with E-state index in [0.29, 0.717) is 0 Å². The van der Waals surface area contributed by atoms with Crippen molar-refractivity contribution in [2.75, 3.05) is 0 Å². The van der Waals surface area contributed by atoms with Crippen LogP contribution in [0.2, 0.25) is 4.92 Å². The summed E-state index contributed by atoms with van der Waals surface area (Å²) < 4.78 is 0. The molecular weight excluding hydrogens is 323 g/mol. The standard InChI is InChI=1S/C23H16BCl/c25-23-22(19-14-8-3-9-15-19)21(18-12-6-2-7-13-18)20(16-24-23)17-10-4-1-5-11-17/h1-16H. The molecule has 1 aromatic heterocycles. The molecule has 0 aliphatic carbocycles. The quantitative estimate of drug-likeness (QED) is 0.391.